The second kappa shape index (κ2) is 4.78. The van der Waals surface area contributed by atoms with Crippen LogP contribution in [0.3, 0.4) is 0 Å². The van der Waals surface area contributed by atoms with Gasteiger partial charge in [0.1, 0.15) is 6.26 Å². The summed E-state index contributed by atoms with van der Waals surface area (Å²) in [5.41, 5.74) is 0.860. The number of aliphatic carboxylic acids is 1. The van der Waals surface area contributed by atoms with Crippen molar-refractivity contribution in [3.8, 4) is 0 Å². The van der Waals surface area contributed by atoms with E-state index in [4.69, 9.17) is 5.11 Å². The second-order valence-electron chi connectivity index (χ2n) is 3.71. The van der Waals surface area contributed by atoms with Gasteiger partial charge in [-0.1, -0.05) is 5.16 Å². The van der Waals surface area contributed by atoms with E-state index >= 15 is 0 Å². The molecule has 6 nitrogen and oxygen atoms in total. The lowest BCUT2D eigenvalue weighted by molar-refractivity contribution is -0.137. The van der Waals surface area contributed by atoms with Gasteiger partial charge in [-0.25, -0.2) is 0 Å². The fraction of sp³-hybridized carbons (Fsp3) is 0.500. The lowest BCUT2D eigenvalue weighted by Gasteiger charge is -2.22. The Morgan fingerprint density at radius 2 is 2.25 bits per heavy atom. The monoisotopic (exact) mass is 226 g/mol. The average Bonchev–Trinajstić information content (AvgIpc) is 2.61. The zero-order chi connectivity index (χ0) is 12.3. The number of amides is 1. The van der Waals surface area contributed by atoms with Crippen molar-refractivity contribution < 1.29 is 19.2 Å². The number of hydrogen-bond donors (Lipinski definition) is 1. The summed E-state index contributed by atoms with van der Waals surface area (Å²) in [7, 11) is 1.55. The summed E-state index contributed by atoms with van der Waals surface area (Å²) in [6.45, 7) is 3.38. The first-order chi connectivity index (χ1) is 7.43. The molecule has 0 aliphatic rings. The predicted octanol–water partition coefficient (Wildman–Crippen LogP) is 0.918. The molecule has 1 unspecified atom stereocenters. The Morgan fingerprint density at radius 3 is 2.69 bits per heavy atom. The maximum atomic E-state index is 11.9. The van der Waals surface area contributed by atoms with Crippen LogP contribution in [0.2, 0.25) is 0 Å². The lowest BCUT2D eigenvalue weighted by atomic mass is 10.2. The van der Waals surface area contributed by atoms with Crippen molar-refractivity contribution in [1.29, 1.82) is 0 Å². The highest BCUT2D eigenvalue weighted by Crippen LogP contribution is 2.11. The van der Waals surface area contributed by atoms with Gasteiger partial charge in [0.25, 0.3) is 5.91 Å². The lowest BCUT2D eigenvalue weighted by Crippen LogP contribution is -2.36. The quantitative estimate of drug-likeness (QED) is 0.825. The number of aromatic nitrogens is 1. The molecule has 1 amide bonds. The van der Waals surface area contributed by atoms with Gasteiger partial charge in [-0.05, 0) is 13.8 Å². The van der Waals surface area contributed by atoms with Crippen molar-refractivity contribution in [1.82, 2.24) is 10.1 Å². The Hall–Kier alpha value is -1.85. The van der Waals surface area contributed by atoms with Crippen molar-refractivity contribution in [2.75, 3.05) is 7.05 Å². The molecule has 16 heavy (non-hydrogen) atoms. The molecule has 1 aromatic rings. The third-order valence-electron chi connectivity index (χ3n) is 2.40. The van der Waals surface area contributed by atoms with Gasteiger partial charge in [-0.15, -0.1) is 0 Å². The summed E-state index contributed by atoms with van der Waals surface area (Å²) in [6, 6.07) is -0.388. The van der Waals surface area contributed by atoms with Gasteiger partial charge in [0.15, 0.2) is 5.69 Å². The number of aryl methyl sites for hydroxylation is 1. The molecule has 0 spiro atoms. The van der Waals surface area contributed by atoms with E-state index in [0.29, 0.717) is 5.56 Å². The SMILES string of the molecule is Cc1conc1C(=O)N(C)C(C)CC(=O)O. The molecule has 1 rings (SSSR count). The number of carboxylic acids is 1. The molecule has 1 heterocycles. The molecule has 0 saturated carbocycles. The van der Waals surface area contributed by atoms with E-state index in [2.05, 4.69) is 9.68 Å². The van der Waals surface area contributed by atoms with Gasteiger partial charge in [0, 0.05) is 18.7 Å². The molecule has 0 aromatic carbocycles. The third kappa shape index (κ3) is 2.59. The topological polar surface area (TPSA) is 83.6 Å². The van der Waals surface area contributed by atoms with Crippen LogP contribution in [0.25, 0.3) is 0 Å². The van der Waals surface area contributed by atoms with E-state index in [9.17, 15) is 9.59 Å². The second-order valence-corrected chi connectivity index (χ2v) is 3.71. The summed E-state index contributed by atoms with van der Waals surface area (Å²) in [5, 5.41) is 12.2. The number of rotatable bonds is 4. The Morgan fingerprint density at radius 1 is 1.62 bits per heavy atom. The molecule has 0 bridgehead atoms. The summed E-state index contributed by atoms with van der Waals surface area (Å²) in [5.74, 6) is -1.27. The molecule has 0 radical (unpaired) electrons. The molecule has 0 aliphatic heterocycles. The fourth-order valence-corrected chi connectivity index (χ4v) is 1.25. The van der Waals surface area contributed by atoms with E-state index in [1.807, 2.05) is 0 Å². The molecule has 1 N–H and O–H groups in total. The smallest absolute Gasteiger partial charge is 0.305 e. The Bertz CT molecular complexity index is 399. The van der Waals surface area contributed by atoms with E-state index < -0.39 is 5.97 Å². The minimum Gasteiger partial charge on any atom is -0.481 e. The fourth-order valence-electron chi connectivity index (χ4n) is 1.25. The Labute approximate surface area is 92.8 Å². The van der Waals surface area contributed by atoms with Crippen LogP contribution in [-0.2, 0) is 4.79 Å². The normalized spacial score (nSPS) is 12.2. The molecule has 0 fully saturated rings. The number of carbonyl (C=O) groups is 2. The van der Waals surface area contributed by atoms with Gasteiger partial charge in [-0.2, -0.15) is 0 Å². The van der Waals surface area contributed by atoms with Crippen molar-refractivity contribution in [3.05, 3.63) is 17.5 Å². The molecule has 88 valence electrons. The molecule has 1 aromatic heterocycles. The largest absolute Gasteiger partial charge is 0.481 e. The number of hydrogen-bond acceptors (Lipinski definition) is 4. The highest BCUT2D eigenvalue weighted by Gasteiger charge is 2.23. The van der Waals surface area contributed by atoms with Crippen LogP contribution >= 0.6 is 0 Å². The van der Waals surface area contributed by atoms with Crippen LogP contribution in [-0.4, -0.2) is 40.1 Å². The number of carbonyl (C=O) groups excluding carboxylic acids is 1. The molecule has 0 saturated heterocycles. The zero-order valence-corrected chi connectivity index (χ0v) is 9.43. The Balaban J connectivity index is 2.75. The van der Waals surface area contributed by atoms with Crippen LogP contribution in [0.15, 0.2) is 10.8 Å². The van der Waals surface area contributed by atoms with Crippen LogP contribution in [0, 0.1) is 6.92 Å². The molecular weight excluding hydrogens is 212 g/mol. The summed E-state index contributed by atoms with van der Waals surface area (Å²) in [4.78, 5) is 23.7. The van der Waals surface area contributed by atoms with Crippen LogP contribution in [0.4, 0.5) is 0 Å². The van der Waals surface area contributed by atoms with Crippen molar-refractivity contribution >= 4 is 11.9 Å². The van der Waals surface area contributed by atoms with Gasteiger partial charge in [-0.3, -0.25) is 9.59 Å². The highest BCUT2D eigenvalue weighted by molar-refractivity contribution is 5.93. The average molecular weight is 226 g/mol. The standard InChI is InChI=1S/C10H14N2O4/c1-6-5-16-11-9(6)10(15)12(3)7(2)4-8(13)14/h5,7H,4H2,1-3H3,(H,13,14). The van der Waals surface area contributed by atoms with E-state index in [1.165, 1.54) is 11.2 Å². The molecular formula is C10H14N2O4. The minimum absolute atomic E-state index is 0.0981. The van der Waals surface area contributed by atoms with Crippen molar-refractivity contribution in [2.24, 2.45) is 0 Å². The number of nitrogens with zero attached hydrogens (tertiary/aromatic N) is 2. The maximum absolute atomic E-state index is 11.9. The van der Waals surface area contributed by atoms with Crippen molar-refractivity contribution in [2.45, 2.75) is 26.3 Å². The zero-order valence-electron chi connectivity index (χ0n) is 9.43. The van der Waals surface area contributed by atoms with Crippen LogP contribution in [0.5, 0.6) is 0 Å². The summed E-state index contributed by atoms with van der Waals surface area (Å²) in [6.07, 6.45) is 1.28. The maximum Gasteiger partial charge on any atom is 0.305 e. The Kier molecular flexibility index (Phi) is 3.65. The highest BCUT2D eigenvalue weighted by atomic mass is 16.5. The van der Waals surface area contributed by atoms with E-state index in [1.54, 1.807) is 20.9 Å². The third-order valence-corrected chi connectivity index (χ3v) is 2.40. The van der Waals surface area contributed by atoms with Gasteiger partial charge >= 0.3 is 5.97 Å². The van der Waals surface area contributed by atoms with E-state index in [-0.39, 0.29) is 24.1 Å². The summed E-state index contributed by atoms with van der Waals surface area (Å²) < 4.78 is 4.66. The van der Waals surface area contributed by atoms with Crippen molar-refractivity contribution in [3.63, 3.8) is 0 Å². The van der Waals surface area contributed by atoms with E-state index in [0.717, 1.165) is 0 Å². The first-order valence-electron chi connectivity index (χ1n) is 4.83. The first kappa shape index (κ1) is 12.2. The molecule has 0 aliphatic carbocycles. The molecule has 1 atom stereocenters. The van der Waals surface area contributed by atoms with Gasteiger partial charge < -0.3 is 14.5 Å². The van der Waals surface area contributed by atoms with Gasteiger partial charge in [0.05, 0.1) is 6.42 Å². The first-order valence-corrected chi connectivity index (χ1v) is 4.83. The minimum atomic E-state index is -0.941. The van der Waals surface area contributed by atoms with Crippen LogP contribution < -0.4 is 0 Å². The number of carboxylic acid groups (broad SMARTS) is 1. The van der Waals surface area contributed by atoms with Gasteiger partial charge in [0.2, 0.25) is 0 Å². The molecule has 6 heteroatoms. The van der Waals surface area contributed by atoms with Crippen LogP contribution in [0.1, 0.15) is 29.4 Å². The summed E-state index contributed by atoms with van der Waals surface area (Å²) >= 11 is 0. The predicted molar refractivity (Wildman–Crippen MR) is 55.0 cm³/mol.